The van der Waals surface area contributed by atoms with Crippen LogP contribution in [0.3, 0.4) is 0 Å². The number of amides is 1. The predicted molar refractivity (Wildman–Crippen MR) is 123 cm³/mol. The number of hydrogen-bond acceptors (Lipinski definition) is 5. The summed E-state index contributed by atoms with van der Waals surface area (Å²) in [6.07, 6.45) is 3.23. The van der Waals surface area contributed by atoms with Gasteiger partial charge in [0.2, 0.25) is 0 Å². The number of nitrogens with zero attached hydrogens (tertiary/aromatic N) is 2. The molecule has 2 aromatic carbocycles. The molecular formula is C22H17ClN4O4S. The number of fused-ring (bicyclic) bond motifs is 1. The van der Waals surface area contributed by atoms with Crippen molar-refractivity contribution in [3.63, 3.8) is 0 Å². The van der Waals surface area contributed by atoms with Gasteiger partial charge in [-0.05, 0) is 54.6 Å². The van der Waals surface area contributed by atoms with Crippen LogP contribution < -0.4 is 14.3 Å². The Morgan fingerprint density at radius 1 is 1.12 bits per heavy atom. The molecule has 0 spiro atoms. The van der Waals surface area contributed by atoms with Crippen molar-refractivity contribution in [2.24, 2.45) is 0 Å². The second-order valence-electron chi connectivity index (χ2n) is 7.16. The van der Waals surface area contributed by atoms with Crippen LogP contribution in [0.1, 0.15) is 10.4 Å². The van der Waals surface area contributed by atoms with Crippen LogP contribution in [0.15, 0.2) is 71.5 Å². The number of aromatic nitrogens is 1. The van der Waals surface area contributed by atoms with Crippen LogP contribution in [0.5, 0.6) is 0 Å². The molecule has 1 fully saturated rings. The molecule has 1 amide bonds. The van der Waals surface area contributed by atoms with E-state index >= 15 is 0 Å². The summed E-state index contributed by atoms with van der Waals surface area (Å²) in [5.74, 6) is -0.332. The van der Waals surface area contributed by atoms with E-state index in [1.807, 2.05) is 6.07 Å². The van der Waals surface area contributed by atoms with Gasteiger partial charge in [0.1, 0.15) is 5.58 Å². The molecule has 3 heterocycles. The van der Waals surface area contributed by atoms with Crippen molar-refractivity contribution < 1.29 is 17.6 Å². The highest BCUT2D eigenvalue weighted by atomic mass is 35.5. The van der Waals surface area contributed by atoms with Crippen molar-refractivity contribution >= 4 is 50.1 Å². The Morgan fingerprint density at radius 3 is 2.69 bits per heavy atom. The lowest BCUT2D eigenvalue weighted by Gasteiger charge is -2.16. The molecule has 1 aliphatic rings. The minimum absolute atomic E-state index is 0.332. The normalized spacial score (nSPS) is 15.2. The van der Waals surface area contributed by atoms with Crippen molar-refractivity contribution in [3.8, 4) is 11.3 Å². The van der Waals surface area contributed by atoms with Crippen LogP contribution in [0.2, 0.25) is 5.02 Å². The van der Waals surface area contributed by atoms with E-state index in [2.05, 4.69) is 15.0 Å². The number of carbonyl (C=O) groups is 1. The van der Waals surface area contributed by atoms with E-state index in [-0.39, 0.29) is 5.91 Å². The maximum Gasteiger partial charge on any atom is 0.301 e. The molecule has 2 aromatic heterocycles. The molecule has 0 aliphatic carbocycles. The minimum Gasteiger partial charge on any atom is -0.464 e. The van der Waals surface area contributed by atoms with E-state index in [9.17, 15) is 13.2 Å². The molecule has 32 heavy (non-hydrogen) atoms. The number of rotatable bonds is 4. The zero-order valence-electron chi connectivity index (χ0n) is 16.6. The fraction of sp³-hybridized carbons (Fsp3) is 0.0909. The Balaban J connectivity index is 1.39. The molecule has 0 radical (unpaired) electrons. The van der Waals surface area contributed by atoms with E-state index in [0.29, 0.717) is 51.9 Å². The van der Waals surface area contributed by atoms with Gasteiger partial charge >= 0.3 is 10.2 Å². The van der Waals surface area contributed by atoms with E-state index in [0.717, 1.165) is 5.39 Å². The third-order valence-electron chi connectivity index (χ3n) is 5.17. The van der Waals surface area contributed by atoms with Gasteiger partial charge in [0.05, 0.1) is 22.7 Å². The lowest BCUT2D eigenvalue weighted by molar-refractivity contribution is 0.102. The molecule has 0 unspecified atom stereocenters. The maximum atomic E-state index is 12.8. The summed E-state index contributed by atoms with van der Waals surface area (Å²) in [7, 11) is -3.51. The molecule has 10 heteroatoms. The number of hydrogen-bond donors (Lipinski definition) is 2. The summed E-state index contributed by atoms with van der Waals surface area (Å²) in [5.41, 5.74) is 3.45. The Bertz CT molecular complexity index is 1430. The van der Waals surface area contributed by atoms with Crippen molar-refractivity contribution in [2.45, 2.75) is 0 Å². The third kappa shape index (κ3) is 3.70. The summed E-state index contributed by atoms with van der Waals surface area (Å²) in [5, 5.41) is 4.16. The highest BCUT2D eigenvalue weighted by molar-refractivity contribution is 7.91. The van der Waals surface area contributed by atoms with Crippen LogP contribution in [0.25, 0.3) is 22.2 Å². The van der Waals surface area contributed by atoms with Crippen LogP contribution in [0.4, 0.5) is 11.4 Å². The van der Waals surface area contributed by atoms with Crippen molar-refractivity contribution in [1.29, 1.82) is 0 Å². The van der Waals surface area contributed by atoms with Gasteiger partial charge in [0.15, 0.2) is 0 Å². The average Bonchev–Trinajstić information content (AvgIpc) is 3.41. The standard InChI is InChI=1S/C22H17ClN4O4S/c23-19-6-3-15(13-18(19)21-17-8-12-31-20(17)7-9-24-21)26-22(28)14-1-4-16(5-2-14)27-11-10-25-32(27,29)30/h1-9,12-13,25H,10-11H2,(H,26,28). The number of pyridine rings is 1. The molecule has 1 saturated heterocycles. The van der Waals surface area contributed by atoms with Crippen LogP contribution in [-0.2, 0) is 10.2 Å². The van der Waals surface area contributed by atoms with Crippen molar-refractivity contribution in [3.05, 3.63) is 77.6 Å². The van der Waals surface area contributed by atoms with Crippen LogP contribution in [-0.4, -0.2) is 32.4 Å². The third-order valence-corrected chi connectivity index (χ3v) is 7.04. The zero-order chi connectivity index (χ0) is 22.3. The van der Waals surface area contributed by atoms with E-state index < -0.39 is 10.2 Å². The first-order valence-corrected chi connectivity index (χ1v) is 11.5. The van der Waals surface area contributed by atoms with Crippen LogP contribution in [0, 0.1) is 0 Å². The molecule has 8 nitrogen and oxygen atoms in total. The van der Waals surface area contributed by atoms with Gasteiger partial charge in [0, 0.05) is 41.5 Å². The largest absolute Gasteiger partial charge is 0.464 e. The summed E-state index contributed by atoms with van der Waals surface area (Å²) in [6, 6.07) is 15.1. The van der Waals surface area contributed by atoms with Gasteiger partial charge in [-0.2, -0.15) is 13.1 Å². The Kier molecular flexibility index (Phi) is 5.09. The number of benzene rings is 2. The first-order valence-electron chi connectivity index (χ1n) is 9.73. The number of halogens is 1. The van der Waals surface area contributed by atoms with Crippen molar-refractivity contribution in [2.75, 3.05) is 22.7 Å². The quantitative estimate of drug-likeness (QED) is 0.470. The zero-order valence-corrected chi connectivity index (χ0v) is 18.2. The molecule has 2 N–H and O–H groups in total. The molecule has 0 bridgehead atoms. The molecule has 5 rings (SSSR count). The molecule has 4 aromatic rings. The Hall–Kier alpha value is -3.40. The fourth-order valence-corrected chi connectivity index (χ4v) is 5.06. The van der Waals surface area contributed by atoms with Gasteiger partial charge in [-0.1, -0.05) is 11.6 Å². The van der Waals surface area contributed by atoms with Gasteiger partial charge in [0.25, 0.3) is 5.91 Å². The second kappa shape index (κ2) is 7.94. The predicted octanol–water partition coefficient (Wildman–Crippen LogP) is 4.05. The van der Waals surface area contributed by atoms with Gasteiger partial charge in [-0.3, -0.25) is 14.1 Å². The summed E-state index contributed by atoms with van der Waals surface area (Å²) >= 11 is 6.41. The monoisotopic (exact) mass is 468 g/mol. The molecule has 1 aliphatic heterocycles. The lowest BCUT2D eigenvalue weighted by atomic mass is 10.1. The Labute approximate surface area is 189 Å². The summed E-state index contributed by atoms with van der Waals surface area (Å²) in [4.78, 5) is 17.2. The van der Waals surface area contributed by atoms with Gasteiger partial charge < -0.3 is 9.73 Å². The molecule has 162 valence electrons. The number of furan rings is 1. The number of anilines is 2. The average molecular weight is 469 g/mol. The van der Waals surface area contributed by atoms with E-state index in [4.69, 9.17) is 16.0 Å². The van der Waals surface area contributed by atoms with E-state index in [1.54, 1.807) is 61.0 Å². The van der Waals surface area contributed by atoms with Gasteiger partial charge in [-0.25, -0.2) is 0 Å². The lowest BCUT2D eigenvalue weighted by Crippen LogP contribution is -2.29. The molecule has 0 saturated carbocycles. The first kappa shape index (κ1) is 20.5. The minimum atomic E-state index is -3.51. The topological polar surface area (TPSA) is 105 Å². The first-order chi connectivity index (χ1) is 15.4. The highest BCUT2D eigenvalue weighted by Gasteiger charge is 2.27. The second-order valence-corrected chi connectivity index (χ2v) is 9.25. The SMILES string of the molecule is O=C(Nc1ccc(Cl)c(-c2nccc3occc23)c1)c1ccc(N2CCNS2(=O)=O)cc1. The summed E-state index contributed by atoms with van der Waals surface area (Å²) < 4.78 is 33.1. The molecular weight excluding hydrogens is 452 g/mol. The maximum absolute atomic E-state index is 12.8. The van der Waals surface area contributed by atoms with Gasteiger partial charge in [-0.15, -0.1) is 0 Å². The fourth-order valence-electron chi connectivity index (χ4n) is 3.62. The highest BCUT2D eigenvalue weighted by Crippen LogP contribution is 2.34. The van der Waals surface area contributed by atoms with Crippen molar-refractivity contribution in [1.82, 2.24) is 9.71 Å². The molecule has 0 atom stereocenters. The number of nitrogens with one attached hydrogen (secondary N) is 2. The van der Waals surface area contributed by atoms with Crippen LogP contribution >= 0.6 is 11.6 Å². The summed E-state index contributed by atoms with van der Waals surface area (Å²) in [6.45, 7) is 0.698. The smallest absolute Gasteiger partial charge is 0.301 e. The Morgan fingerprint density at radius 2 is 1.94 bits per heavy atom. The van der Waals surface area contributed by atoms with E-state index in [1.165, 1.54) is 4.31 Å². The number of carbonyl (C=O) groups excluding carboxylic acids is 1.